The number of rotatable bonds is 4. The molecule has 6 nitrogen and oxygen atoms in total. The smallest absolute Gasteiger partial charge is 0.320 e. The Morgan fingerprint density at radius 1 is 1.09 bits per heavy atom. The van der Waals surface area contributed by atoms with E-state index in [-0.39, 0.29) is 6.03 Å². The van der Waals surface area contributed by atoms with Crippen molar-refractivity contribution in [1.29, 1.82) is 0 Å². The first-order valence-corrected chi connectivity index (χ1v) is 11.3. The maximum absolute atomic E-state index is 13.1. The number of fused-ring (bicyclic) bond motifs is 1. The lowest BCUT2D eigenvalue weighted by atomic mass is 9.96. The number of hydrogen-bond acceptors (Lipinski definition) is 4. The Bertz CT molecular complexity index is 1370. The largest absolute Gasteiger partial charge is 0.322 e. The summed E-state index contributed by atoms with van der Waals surface area (Å²) < 4.78 is 0. The van der Waals surface area contributed by atoms with Gasteiger partial charge in [-0.2, -0.15) is 0 Å². The second-order valence-corrected chi connectivity index (χ2v) is 8.31. The van der Waals surface area contributed by atoms with Gasteiger partial charge in [-0.25, -0.2) is 14.8 Å². The van der Waals surface area contributed by atoms with E-state index >= 15 is 0 Å². The minimum atomic E-state index is -0.140. The fourth-order valence-corrected chi connectivity index (χ4v) is 4.22. The van der Waals surface area contributed by atoms with E-state index in [1.54, 1.807) is 18.5 Å². The predicted octanol–water partition coefficient (Wildman–Crippen LogP) is 5.75. The Labute approximate surface area is 199 Å². The van der Waals surface area contributed by atoms with Crippen molar-refractivity contribution in [2.24, 2.45) is 0 Å². The highest BCUT2D eigenvalue weighted by atomic mass is 16.2. The molecule has 4 aromatic rings. The van der Waals surface area contributed by atoms with Gasteiger partial charge in [0.15, 0.2) is 5.82 Å². The molecule has 3 heterocycles. The number of anilines is 1. The van der Waals surface area contributed by atoms with Crippen LogP contribution >= 0.6 is 0 Å². The summed E-state index contributed by atoms with van der Waals surface area (Å²) in [6.45, 7) is 6.90. The monoisotopic (exact) mass is 447 g/mol. The van der Waals surface area contributed by atoms with Gasteiger partial charge >= 0.3 is 6.03 Å². The maximum Gasteiger partial charge on any atom is 0.322 e. The van der Waals surface area contributed by atoms with Gasteiger partial charge in [0, 0.05) is 47.7 Å². The van der Waals surface area contributed by atoms with Gasteiger partial charge in [-0.15, -0.1) is 0 Å². The number of benzene rings is 2. The van der Waals surface area contributed by atoms with Crippen molar-refractivity contribution in [2.75, 3.05) is 11.9 Å². The molecule has 0 saturated heterocycles. The van der Waals surface area contributed by atoms with E-state index in [0.29, 0.717) is 25.3 Å². The molecule has 1 aliphatic heterocycles. The summed E-state index contributed by atoms with van der Waals surface area (Å²) in [6, 6.07) is 19.5. The first-order chi connectivity index (χ1) is 16.6. The normalized spacial score (nSPS) is 12.7. The summed E-state index contributed by atoms with van der Waals surface area (Å²) in [6.07, 6.45) is 5.94. The number of nitrogens with one attached hydrogen (secondary N) is 1. The van der Waals surface area contributed by atoms with Crippen LogP contribution in [0, 0.1) is 6.92 Å². The van der Waals surface area contributed by atoms with E-state index in [0.717, 1.165) is 44.9 Å². The molecule has 34 heavy (non-hydrogen) atoms. The van der Waals surface area contributed by atoms with E-state index < -0.39 is 0 Å². The predicted molar refractivity (Wildman–Crippen MR) is 135 cm³/mol. The Hall–Kier alpha value is -4.32. The molecule has 1 aliphatic rings. The third-order valence-corrected chi connectivity index (χ3v) is 6.04. The van der Waals surface area contributed by atoms with Gasteiger partial charge in [0.25, 0.3) is 0 Å². The van der Waals surface area contributed by atoms with Crippen LogP contribution in [0.3, 0.4) is 0 Å². The van der Waals surface area contributed by atoms with E-state index in [9.17, 15) is 4.79 Å². The Balaban J connectivity index is 1.51. The highest BCUT2D eigenvalue weighted by Gasteiger charge is 2.27. The number of urea groups is 1. The fourth-order valence-electron chi connectivity index (χ4n) is 4.22. The van der Waals surface area contributed by atoms with Gasteiger partial charge in [-0.1, -0.05) is 49.1 Å². The van der Waals surface area contributed by atoms with E-state index in [1.165, 1.54) is 0 Å². The number of aromatic nitrogens is 3. The van der Waals surface area contributed by atoms with Crippen LogP contribution in [0.2, 0.25) is 0 Å². The van der Waals surface area contributed by atoms with Crippen LogP contribution in [-0.4, -0.2) is 32.4 Å². The van der Waals surface area contributed by atoms with Crippen molar-refractivity contribution in [3.8, 4) is 22.6 Å². The standard InChI is InChI=1S/C28H25N5O/c1-3-20-9-6-11-22(16-20)30-28(34)33-15-13-25-24(18-33)26(23-12-5-4-8-19(23)2)32-27(31-25)21-10-7-14-29-17-21/h3-12,14,16-17H,1,13,15,18H2,2H3,(H,30,34). The molecule has 6 heteroatoms. The van der Waals surface area contributed by atoms with Crippen LogP contribution in [0.25, 0.3) is 28.7 Å². The lowest BCUT2D eigenvalue weighted by Crippen LogP contribution is -2.39. The quantitative estimate of drug-likeness (QED) is 0.433. The first kappa shape index (κ1) is 21.5. The molecular formula is C28H25N5O. The zero-order chi connectivity index (χ0) is 23.5. The van der Waals surface area contributed by atoms with Gasteiger partial charge in [-0.3, -0.25) is 4.98 Å². The van der Waals surface area contributed by atoms with Crippen molar-refractivity contribution in [3.05, 3.63) is 102 Å². The summed E-state index contributed by atoms with van der Waals surface area (Å²) >= 11 is 0. The lowest BCUT2D eigenvalue weighted by Gasteiger charge is -2.30. The van der Waals surface area contributed by atoms with Gasteiger partial charge in [-0.05, 0) is 42.3 Å². The van der Waals surface area contributed by atoms with E-state index in [2.05, 4.69) is 35.9 Å². The van der Waals surface area contributed by atoms with Gasteiger partial charge < -0.3 is 10.2 Å². The lowest BCUT2D eigenvalue weighted by molar-refractivity contribution is 0.206. The minimum Gasteiger partial charge on any atom is -0.320 e. The van der Waals surface area contributed by atoms with Crippen LogP contribution in [0.4, 0.5) is 10.5 Å². The Morgan fingerprint density at radius 2 is 1.97 bits per heavy atom. The molecule has 0 bridgehead atoms. The number of carbonyl (C=O) groups is 1. The van der Waals surface area contributed by atoms with Crippen LogP contribution in [0.5, 0.6) is 0 Å². The van der Waals surface area contributed by atoms with Crippen molar-refractivity contribution >= 4 is 17.8 Å². The number of hydrogen-bond donors (Lipinski definition) is 1. The highest BCUT2D eigenvalue weighted by Crippen LogP contribution is 2.32. The summed E-state index contributed by atoms with van der Waals surface area (Å²) in [5.74, 6) is 0.657. The molecule has 2 aromatic carbocycles. The third-order valence-electron chi connectivity index (χ3n) is 6.04. The molecule has 0 spiro atoms. The van der Waals surface area contributed by atoms with Crippen LogP contribution in [0.1, 0.15) is 22.4 Å². The molecule has 0 radical (unpaired) electrons. The van der Waals surface area contributed by atoms with Crippen LogP contribution in [-0.2, 0) is 13.0 Å². The highest BCUT2D eigenvalue weighted by molar-refractivity contribution is 5.90. The van der Waals surface area contributed by atoms with Crippen LogP contribution in [0.15, 0.2) is 79.6 Å². The molecule has 0 fully saturated rings. The second kappa shape index (κ2) is 9.27. The van der Waals surface area contributed by atoms with Crippen LogP contribution < -0.4 is 5.32 Å². The van der Waals surface area contributed by atoms with E-state index in [4.69, 9.17) is 9.97 Å². The second-order valence-electron chi connectivity index (χ2n) is 8.31. The van der Waals surface area contributed by atoms with Gasteiger partial charge in [0.2, 0.25) is 0 Å². The third kappa shape index (κ3) is 4.30. The van der Waals surface area contributed by atoms with Crippen molar-refractivity contribution < 1.29 is 4.79 Å². The number of aryl methyl sites for hydroxylation is 1. The topological polar surface area (TPSA) is 71.0 Å². The fraction of sp³-hybridized carbons (Fsp3) is 0.143. The Kier molecular flexibility index (Phi) is 5.87. The molecule has 1 N–H and O–H groups in total. The molecule has 2 aromatic heterocycles. The molecule has 0 atom stereocenters. The summed E-state index contributed by atoms with van der Waals surface area (Å²) in [5.41, 5.74) is 7.59. The van der Waals surface area contributed by atoms with Gasteiger partial charge in [0.05, 0.1) is 17.9 Å². The number of carbonyl (C=O) groups excluding carboxylic acids is 1. The maximum atomic E-state index is 13.1. The molecule has 0 aliphatic carbocycles. The zero-order valence-electron chi connectivity index (χ0n) is 19.0. The number of nitrogens with zero attached hydrogens (tertiary/aromatic N) is 4. The SMILES string of the molecule is C=Cc1cccc(NC(=O)N2CCc3nc(-c4cccnc4)nc(-c4ccccc4C)c3C2)c1. The Morgan fingerprint density at radius 3 is 2.76 bits per heavy atom. The summed E-state index contributed by atoms with van der Waals surface area (Å²) in [7, 11) is 0. The molecular weight excluding hydrogens is 422 g/mol. The summed E-state index contributed by atoms with van der Waals surface area (Å²) in [5, 5.41) is 3.02. The molecule has 5 rings (SSSR count). The minimum absolute atomic E-state index is 0.140. The van der Waals surface area contributed by atoms with Crippen molar-refractivity contribution in [2.45, 2.75) is 19.9 Å². The average Bonchev–Trinajstić information content (AvgIpc) is 2.88. The first-order valence-electron chi connectivity index (χ1n) is 11.3. The van der Waals surface area contributed by atoms with Crippen molar-refractivity contribution in [1.82, 2.24) is 19.9 Å². The van der Waals surface area contributed by atoms with Gasteiger partial charge in [0.1, 0.15) is 0 Å². The average molecular weight is 448 g/mol. The summed E-state index contributed by atoms with van der Waals surface area (Å²) in [4.78, 5) is 29.0. The molecule has 168 valence electrons. The molecule has 0 saturated carbocycles. The zero-order valence-corrected chi connectivity index (χ0v) is 19.0. The van der Waals surface area contributed by atoms with E-state index in [1.807, 2.05) is 53.4 Å². The molecule has 0 unspecified atom stereocenters. The number of pyridine rings is 1. The molecule has 2 amide bonds. The number of amides is 2. The van der Waals surface area contributed by atoms with Crippen molar-refractivity contribution in [3.63, 3.8) is 0 Å².